The maximum absolute atomic E-state index is 13.0. The molecule has 6 nitrogen and oxygen atoms in total. The van der Waals surface area contributed by atoms with Gasteiger partial charge in [-0.05, 0) is 38.5 Å². The Hall–Kier alpha value is -3.41. The average molecular weight is 375 g/mol. The lowest BCUT2D eigenvalue weighted by molar-refractivity contribution is 0.0941. The summed E-state index contributed by atoms with van der Waals surface area (Å²) in [4.78, 5) is 17.6. The minimum Gasteiger partial charge on any atom is -0.463 e. The summed E-state index contributed by atoms with van der Waals surface area (Å²) < 4.78 is 11.0. The van der Waals surface area contributed by atoms with E-state index in [0.29, 0.717) is 33.8 Å². The summed E-state index contributed by atoms with van der Waals surface area (Å²) in [6.45, 7) is 6.02. The molecule has 0 spiro atoms. The largest absolute Gasteiger partial charge is 0.463 e. The van der Waals surface area contributed by atoms with Gasteiger partial charge < -0.3 is 14.3 Å². The van der Waals surface area contributed by atoms with Crippen molar-refractivity contribution in [3.8, 4) is 22.7 Å². The van der Waals surface area contributed by atoms with Crippen LogP contribution in [0.2, 0.25) is 0 Å². The smallest absolute Gasteiger partial charge is 0.259 e. The quantitative estimate of drug-likeness (QED) is 0.532. The van der Waals surface area contributed by atoms with E-state index in [9.17, 15) is 4.79 Å². The number of hydrogen-bond acceptors (Lipinski definition) is 5. The summed E-state index contributed by atoms with van der Waals surface area (Å²) in [7, 11) is 0. The Morgan fingerprint density at radius 3 is 2.68 bits per heavy atom. The van der Waals surface area contributed by atoms with Crippen molar-refractivity contribution in [1.82, 2.24) is 15.5 Å². The zero-order chi connectivity index (χ0) is 19.7. The monoisotopic (exact) mass is 375 g/mol. The van der Waals surface area contributed by atoms with E-state index in [0.717, 1.165) is 17.5 Å². The number of nitrogens with one attached hydrogen (secondary N) is 1. The van der Waals surface area contributed by atoms with Gasteiger partial charge in [-0.15, -0.1) is 0 Å². The van der Waals surface area contributed by atoms with E-state index >= 15 is 0 Å². The Bertz CT molecular complexity index is 1110. The average Bonchev–Trinajstić information content (AvgIpc) is 3.37. The molecule has 1 atom stereocenters. The van der Waals surface area contributed by atoms with Crippen molar-refractivity contribution in [3.05, 3.63) is 59.9 Å². The fourth-order valence-corrected chi connectivity index (χ4v) is 2.99. The number of nitrogens with zero attached hydrogens (tertiary/aromatic N) is 2. The third kappa shape index (κ3) is 3.29. The minimum atomic E-state index is -0.189. The molecule has 0 radical (unpaired) electrons. The number of amides is 1. The first-order valence-electron chi connectivity index (χ1n) is 9.29. The van der Waals surface area contributed by atoms with Gasteiger partial charge in [-0.25, -0.2) is 4.98 Å². The highest BCUT2D eigenvalue weighted by atomic mass is 16.5. The van der Waals surface area contributed by atoms with Crippen LogP contribution in [0.4, 0.5) is 0 Å². The second kappa shape index (κ2) is 7.31. The molecule has 1 amide bonds. The highest BCUT2D eigenvalue weighted by Gasteiger charge is 2.23. The number of aromatic nitrogens is 2. The molecule has 0 aliphatic heterocycles. The molecule has 28 heavy (non-hydrogen) atoms. The van der Waals surface area contributed by atoms with E-state index in [1.165, 1.54) is 0 Å². The lowest BCUT2D eigenvalue weighted by Gasteiger charge is -2.12. The molecule has 4 rings (SSSR count). The van der Waals surface area contributed by atoms with E-state index < -0.39 is 0 Å². The van der Waals surface area contributed by atoms with Crippen molar-refractivity contribution in [2.24, 2.45) is 0 Å². The van der Waals surface area contributed by atoms with Gasteiger partial charge in [-0.1, -0.05) is 41.9 Å². The predicted octanol–water partition coefficient (Wildman–Crippen LogP) is 4.99. The van der Waals surface area contributed by atoms with E-state index in [1.807, 2.05) is 45.0 Å². The predicted molar refractivity (Wildman–Crippen MR) is 107 cm³/mol. The summed E-state index contributed by atoms with van der Waals surface area (Å²) in [5.41, 5.74) is 3.91. The molecule has 1 N–H and O–H groups in total. The zero-order valence-electron chi connectivity index (χ0n) is 16.0. The number of pyridine rings is 1. The van der Waals surface area contributed by atoms with Crippen molar-refractivity contribution in [2.75, 3.05) is 0 Å². The first-order valence-corrected chi connectivity index (χ1v) is 9.29. The molecule has 0 aliphatic carbocycles. The van der Waals surface area contributed by atoms with Crippen LogP contribution in [-0.2, 0) is 0 Å². The maximum Gasteiger partial charge on any atom is 0.259 e. The van der Waals surface area contributed by atoms with E-state index in [2.05, 4.69) is 15.5 Å². The highest BCUT2D eigenvalue weighted by molar-refractivity contribution is 6.10. The third-order valence-electron chi connectivity index (χ3n) is 4.78. The lowest BCUT2D eigenvalue weighted by atomic mass is 10.0. The number of benzene rings is 1. The first kappa shape index (κ1) is 18.0. The summed E-state index contributed by atoms with van der Waals surface area (Å²) in [5, 5.41) is 7.83. The van der Waals surface area contributed by atoms with Gasteiger partial charge in [0.2, 0.25) is 0 Å². The van der Waals surface area contributed by atoms with Gasteiger partial charge in [-0.2, -0.15) is 0 Å². The molecule has 1 unspecified atom stereocenters. The Morgan fingerprint density at radius 1 is 1.21 bits per heavy atom. The minimum absolute atomic E-state index is 0.0467. The van der Waals surface area contributed by atoms with Gasteiger partial charge in [0, 0.05) is 11.6 Å². The number of aryl methyl sites for hydroxylation is 1. The van der Waals surface area contributed by atoms with Gasteiger partial charge in [-0.3, -0.25) is 4.79 Å². The molecule has 3 heterocycles. The second-order valence-electron chi connectivity index (χ2n) is 6.89. The number of hydrogen-bond donors (Lipinski definition) is 1. The van der Waals surface area contributed by atoms with Crippen molar-refractivity contribution < 1.29 is 13.7 Å². The Kier molecular flexibility index (Phi) is 4.69. The van der Waals surface area contributed by atoms with E-state index in [-0.39, 0.29) is 11.9 Å². The van der Waals surface area contributed by atoms with Crippen LogP contribution in [0.1, 0.15) is 36.2 Å². The van der Waals surface area contributed by atoms with Crippen molar-refractivity contribution in [2.45, 2.75) is 33.2 Å². The van der Waals surface area contributed by atoms with Crippen LogP contribution in [0.15, 0.2) is 57.7 Å². The molecule has 6 heteroatoms. The molecule has 0 saturated heterocycles. The number of fused-ring (bicyclic) bond motifs is 1. The van der Waals surface area contributed by atoms with Crippen LogP contribution >= 0.6 is 0 Å². The summed E-state index contributed by atoms with van der Waals surface area (Å²) in [5.74, 6) is 0.374. The van der Waals surface area contributed by atoms with Crippen LogP contribution in [0.25, 0.3) is 33.8 Å². The topological polar surface area (TPSA) is 81.2 Å². The molecule has 0 fully saturated rings. The van der Waals surface area contributed by atoms with Gasteiger partial charge in [0.1, 0.15) is 11.4 Å². The van der Waals surface area contributed by atoms with Crippen LogP contribution < -0.4 is 5.32 Å². The summed E-state index contributed by atoms with van der Waals surface area (Å²) >= 11 is 0. The van der Waals surface area contributed by atoms with Gasteiger partial charge >= 0.3 is 0 Å². The second-order valence-corrected chi connectivity index (χ2v) is 6.89. The molecular weight excluding hydrogens is 354 g/mol. The standard InChI is InChI=1S/C22H21N3O3/c1-4-14(3)23-21(26)16-12-17(18-6-5-11-27-18)24-22-19(16)20(25-28-22)15-9-7-13(2)8-10-15/h5-12,14H,4H2,1-3H3,(H,23,26). The Morgan fingerprint density at radius 2 is 2.00 bits per heavy atom. The molecule has 0 bridgehead atoms. The lowest BCUT2D eigenvalue weighted by Crippen LogP contribution is -2.32. The third-order valence-corrected chi connectivity index (χ3v) is 4.78. The number of carbonyl (C=O) groups excluding carboxylic acids is 1. The van der Waals surface area contributed by atoms with Crippen molar-refractivity contribution >= 4 is 17.0 Å². The molecule has 0 aliphatic rings. The zero-order valence-corrected chi connectivity index (χ0v) is 16.0. The fraction of sp³-hybridized carbons (Fsp3) is 0.227. The number of rotatable bonds is 5. The van der Waals surface area contributed by atoms with Crippen LogP contribution in [0, 0.1) is 6.92 Å². The number of furan rings is 1. The fourth-order valence-electron chi connectivity index (χ4n) is 2.99. The molecule has 142 valence electrons. The molecular formula is C22H21N3O3. The maximum atomic E-state index is 13.0. The Labute approximate surface area is 162 Å². The molecule has 3 aromatic heterocycles. The van der Waals surface area contributed by atoms with Gasteiger partial charge in [0.25, 0.3) is 11.6 Å². The summed E-state index contributed by atoms with van der Waals surface area (Å²) in [6, 6.07) is 13.3. The normalized spacial score (nSPS) is 12.2. The van der Waals surface area contributed by atoms with E-state index in [1.54, 1.807) is 24.5 Å². The van der Waals surface area contributed by atoms with Crippen LogP contribution in [0.3, 0.4) is 0 Å². The SMILES string of the molecule is CCC(C)NC(=O)c1cc(-c2ccco2)nc2onc(-c3ccc(C)cc3)c12. The van der Waals surface area contributed by atoms with Crippen molar-refractivity contribution in [1.29, 1.82) is 0 Å². The Balaban J connectivity index is 1.91. The molecule has 0 saturated carbocycles. The van der Waals surface area contributed by atoms with Gasteiger partial charge in [0.05, 0.1) is 17.2 Å². The van der Waals surface area contributed by atoms with Crippen LogP contribution in [-0.4, -0.2) is 22.1 Å². The first-order chi connectivity index (χ1) is 13.6. The van der Waals surface area contributed by atoms with E-state index in [4.69, 9.17) is 8.94 Å². The van der Waals surface area contributed by atoms with Gasteiger partial charge in [0.15, 0.2) is 5.76 Å². The van der Waals surface area contributed by atoms with Crippen molar-refractivity contribution in [3.63, 3.8) is 0 Å². The molecule has 1 aromatic carbocycles. The van der Waals surface area contributed by atoms with Crippen LogP contribution in [0.5, 0.6) is 0 Å². The molecule has 4 aromatic rings. The highest BCUT2D eigenvalue weighted by Crippen LogP contribution is 2.33. The summed E-state index contributed by atoms with van der Waals surface area (Å²) in [6.07, 6.45) is 2.40. The number of carbonyl (C=O) groups is 1.